The van der Waals surface area contributed by atoms with Gasteiger partial charge in [0, 0.05) is 6.42 Å². The van der Waals surface area contributed by atoms with Crippen molar-refractivity contribution in [3.8, 4) is 0 Å². The van der Waals surface area contributed by atoms with Gasteiger partial charge in [0.2, 0.25) is 0 Å². The van der Waals surface area contributed by atoms with Crippen molar-refractivity contribution in [2.75, 3.05) is 19.7 Å². The largest absolute Gasteiger partial charge is 0.412 e. The van der Waals surface area contributed by atoms with Crippen LogP contribution >= 0.6 is 0 Å². The van der Waals surface area contributed by atoms with Gasteiger partial charge in [0.25, 0.3) is 0 Å². The van der Waals surface area contributed by atoms with Crippen molar-refractivity contribution in [2.45, 2.75) is 50.6 Å². The summed E-state index contributed by atoms with van der Waals surface area (Å²) in [5.74, 6) is 0. The summed E-state index contributed by atoms with van der Waals surface area (Å²) in [6.07, 6.45) is 3.77. The Hall–Kier alpha value is 0.0969. The van der Waals surface area contributed by atoms with Gasteiger partial charge in [-0.2, -0.15) is 0 Å². The highest BCUT2D eigenvalue weighted by Gasteiger charge is 2.42. The third-order valence-electron chi connectivity index (χ3n) is 3.21. The number of hydrogen-bond acceptors (Lipinski definition) is 3. The zero-order valence-electron chi connectivity index (χ0n) is 10.1. The molecular weight excluding hydrogens is 206 g/mol. The van der Waals surface area contributed by atoms with Crippen molar-refractivity contribution < 1.29 is 9.16 Å². The van der Waals surface area contributed by atoms with Gasteiger partial charge in [-0.05, 0) is 45.6 Å². The smallest absolute Gasteiger partial charge is 0.184 e. The maximum absolute atomic E-state index is 6.12. The van der Waals surface area contributed by atoms with Crippen LogP contribution in [0.4, 0.5) is 0 Å². The molecule has 0 aliphatic carbocycles. The van der Waals surface area contributed by atoms with E-state index in [0.29, 0.717) is 6.10 Å². The molecule has 1 spiro atoms. The molecule has 0 saturated carbocycles. The highest BCUT2D eigenvalue weighted by Crippen LogP contribution is 2.35. The third kappa shape index (κ3) is 3.03. The van der Waals surface area contributed by atoms with Gasteiger partial charge in [-0.25, -0.2) is 0 Å². The molecule has 0 aromatic rings. The Morgan fingerprint density at radius 3 is 2.53 bits per heavy atom. The minimum absolute atomic E-state index is 0.148. The Morgan fingerprint density at radius 1 is 1.27 bits per heavy atom. The molecule has 2 aliphatic heterocycles. The predicted octanol–water partition coefficient (Wildman–Crippen LogP) is 1.75. The van der Waals surface area contributed by atoms with Gasteiger partial charge in [0.15, 0.2) is 8.32 Å². The third-order valence-corrected chi connectivity index (χ3v) is 4.25. The normalized spacial score (nSPS) is 31.0. The summed E-state index contributed by atoms with van der Waals surface area (Å²) in [5, 5.41) is 3.39. The molecule has 1 atom stereocenters. The van der Waals surface area contributed by atoms with Gasteiger partial charge in [0.05, 0.1) is 18.3 Å². The molecule has 88 valence electrons. The number of nitrogens with one attached hydrogen (secondary N) is 1. The van der Waals surface area contributed by atoms with Gasteiger partial charge >= 0.3 is 0 Å². The standard InChI is InChI=1S/C11H23NO2Si/c1-15(2,3)14-10-8-11(13-9-10)4-6-12-7-5-11/h10,12H,4-9H2,1-3H3. The minimum Gasteiger partial charge on any atom is -0.412 e. The Balaban J connectivity index is 1.88. The van der Waals surface area contributed by atoms with Crippen LogP contribution in [0.25, 0.3) is 0 Å². The van der Waals surface area contributed by atoms with Crippen LogP contribution < -0.4 is 5.32 Å². The molecule has 2 saturated heterocycles. The number of hydrogen-bond donors (Lipinski definition) is 1. The van der Waals surface area contributed by atoms with E-state index in [0.717, 1.165) is 39.0 Å². The van der Waals surface area contributed by atoms with Crippen molar-refractivity contribution in [3.05, 3.63) is 0 Å². The average Bonchev–Trinajstić information content (AvgIpc) is 2.47. The van der Waals surface area contributed by atoms with Crippen LogP contribution in [0, 0.1) is 0 Å². The molecule has 0 bridgehead atoms. The molecule has 0 amide bonds. The fourth-order valence-electron chi connectivity index (χ4n) is 2.61. The number of ether oxygens (including phenoxy) is 1. The molecule has 0 aromatic carbocycles. The summed E-state index contributed by atoms with van der Waals surface area (Å²) in [7, 11) is -1.40. The van der Waals surface area contributed by atoms with Crippen LogP contribution in [0.15, 0.2) is 0 Å². The quantitative estimate of drug-likeness (QED) is 0.732. The van der Waals surface area contributed by atoms with E-state index in [9.17, 15) is 0 Å². The van der Waals surface area contributed by atoms with E-state index in [1.54, 1.807) is 0 Å². The topological polar surface area (TPSA) is 30.5 Å². The predicted molar refractivity (Wildman–Crippen MR) is 63.6 cm³/mol. The summed E-state index contributed by atoms with van der Waals surface area (Å²) in [6.45, 7) is 9.75. The van der Waals surface area contributed by atoms with Crippen LogP contribution in [0.2, 0.25) is 19.6 Å². The van der Waals surface area contributed by atoms with Crippen LogP contribution in [-0.2, 0) is 9.16 Å². The summed E-state index contributed by atoms with van der Waals surface area (Å²) in [5.41, 5.74) is 0.148. The van der Waals surface area contributed by atoms with E-state index < -0.39 is 8.32 Å². The maximum atomic E-state index is 6.12. The lowest BCUT2D eigenvalue weighted by molar-refractivity contribution is -0.0206. The average molecular weight is 229 g/mol. The minimum atomic E-state index is -1.40. The molecule has 2 aliphatic rings. The van der Waals surface area contributed by atoms with Gasteiger partial charge in [0.1, 0.15) is 0 Å². The zero-order valence-corrected chi connectivity index (χ0v) is 11.1. The first-order valence-corrected chi connectivity index (χ1v) is 9.43. The summed E-state index contributed by atoms with van der Waals surface area (Å²) < 4.78 is 12.1. The lowest BCUT2D eigenvalue weighted by Gasteiger charge is -2.33. The maximum Gasteiger partial charge on any atom is 0.184 e. The second-order valence-electron chi connectivity index (χ2n) is 5.80. The molecule has 2 rings (SSSR count). The van der Waals surface area contributed by atoms with E-state index >= 15 is 0 Å². The molecule has 0 radical (unpaired) electrons. The van der Waals surface area contributed by atoms with Crippen molar-refractivity contribution >= 4 is 8.32 Å². The van der Waals surface area contributed by atoms with Gasteiger partial charge in [-0.1, -0.05) is 0 Å². The first-order chi connectivity index (χ1) is 6.99. The first-order valence-electron chi connectivity index (χ1n) is 6.02. The summed E-state index contributed by atoms with van der Waals surface area (Å²) in [6, 6.07) is 0. The van der Waals surface area contributed by atoms with Crippen LogP contribution in [-0.4, -0.2) is 39.7 Å². The lowest BCUT2D eigenvalue weighted by atomic mass is 9.89. The number of rotatable bonds is 2. The van der Waals surface area contributed by atoms with Gasteiger partial charge in [-0.3, -0.25) is 0 Å². The van der Waals surface area contributed by atoms with Crippen LogP contribution in [0.3, 0.4) is 0 Å². The van der Waals surface area contributed by atoms with E-state index in [1.807, 2.05) is 0 Å². The van der Waals surface area contributed by atoms with Crippen molar-refractivity contribution in [2.24, 2.45) is 0 Å². The summed E-state index contributed by atoms with van der Waals surface area (Å²) in [4.78, 5) is 0. The number of piperidine rings is 1. The molecule has 1 N–H and O–H groups in total. The highest BCUT2D eigenvalue weighted by molar-refractivity contribution is 6.69. The molecule has 0 aromatic heterocycles. The molecule has 2 fully saturated rings. The molecule has 2 heterocycles. The first kappa shape index (κ1) is 11.6. The van der Waals surface area contributed by atoms with E-state index in [4.69, 9.17) is 9.16 Å². The Bertz CT molecular complexity index is 221. The van der Waals surface area contributed by atoms with E-state index in [-0.39, 0.29) is 5.60 Å². The molecular formula is C11H23NO2Si. The highest BCUT2D eigenvalue weighted by atomic mass is 28.4. The molecule has 1 unspecified atom stereocenters. The Morgan fingerprint density at radius 2 is 1.93 bits per heavy atom. The fraction of sp³-hybridized carbons (Fsp3) is 1.00. The second-order valence-corrected chi connectivity index (χ2v) is 10.3. The lowest BCUT2D eigenvalue weighted by Crippen LogP contribution is -2.42. The van der Waals surface area contributed by atoms with E-state index in [1.165, 1.54) is 0 Å². The van der Waals surface area contributed by atoms with Gasteiger partial charge in [-0.15, -0.1) is 0 Å². The summed E-state index contributed by atoms with van der Waals surface area (Å²) >= 11 is 0. The monoisotopic (exact) mass is 229 g/mol. The molecule has 15 heavy (non-hydrogen) atoms. The Kier molecular flexibility index (Phi) is 3.21. The molecule has 4 heteroatoms. The van der Waals surface area contributed by atoms with Crippen LogP contribution in [0.5, 0.6) is 0 Å². The molecule has 3 nitrogen and oxygen atoms in total. The SMILES string of the molecule is C[Si](C)(C)OC1COC2(CCNCC2)C1. The second kappa shape index (κ2) is 4.16. The van der Waals surface area contributed by atoms with Crippen LogP contribution in [0.1, 0.15) is 19.3 Å². The van der Waals surface area contributed by atoms with Gasteiger partial charge < -0.3 is 14.5 Å². The zero-order chi connectivity index (χ0) is 10.9. The Labute approximate surface area is 93.7 Å². The van der Waals surface area contributed by atoms with Crippen molar-refractivity contribution in [3.63, 3.8) is 0 Å². The van der Waals surface area contributed by atoms with Crippen molar-refractivity contribution in [1.29, 1.82) is 0 Å². The van der Waals surface area contributed by atoms with E-state index in [2.05, 4.69) is 25.0 Å². The fourth-order valence-corrected chi connectivity index (χ4v) is 3.76. The van der Waals surface area contributed by atoms with Crippen molar-refractivity contribution in [1.82, 2.24) is 5.32 Å².